The molecule has 0 fully saturated rings. The molecule has 0 unspecified atom stereocenters. The van der Waals surface area contributed by atoms with E-state index in [1.54, 1.807) is 18.2 Å². The van der Waals surface area contributed by atoms with Crippen molar-refractivity contribution >= 4 is 27.5 Å². The summed E-state index contributed by atoms with van der Waals surface area (Å²) < 4.78 is 19.4. The van der Waals surface area contributed by atoms with Crippen LogP contribution in [0.3, 0.4) is 0 Å². The van der Waals surface area contributed by atoms with Crippen molar-refractivity contribution < 1.29 is 9.13 Å². The highest BCUT2D eigenvalue weighted by Gasteiger charge is 2.08. The van der Waals surface area contributed by atoms with Gasteiger partial charge in [0.25, 0.3) is 0 Å². The molecule has 1 heterocycles. The van der Waals surface area contributed by atoms with Crippen LogP contribution in [0.2, 0.25) is 5.02 Å². The van der Waals surface area contributed by atoms with Crippen LogP contribution in [0, 0.1) is 5.82 Å². The fraction of sp³-hybridized carbons (Fsp3) is 0.214. The minimum Gasteiger partial charge on any atom is -0.438 e. The average molecular weight is 360 g/mol. The van der Waals surface area contributed by atoms with Gasteiger partial charge in [-0.05, 0) is 40.7 Å². The van der Waals surface area contributed by atoms with Crippen molar-refractivity contribution in [1.82, 2.24) is 10.3 Å². The average Bonchev–Trinajstić information content (AvgIpc) is 2.43. The Morgan fingerprint density at radius 1 is 1.35 bits per heavy atom. The van der Waals surface area contributed by atoms with Crippen LogP contribution >= 0.6 is 27.5 Å². The van der Waals surface area contributed by atoms with E-state index in [4.69, 9.17) is 16.3 Å². The Kier molecular flexibility index (Phi) is 5.34. The first-order valence-corrected chi connectivity index (χ1v) is 7.26. The maximum Gasteiger partial charge on any atom is 0.219 e. The molecule has 0 aliphatic carbocycles. The zero-order valence-electron chi connectivity index (χ0n) is 10.8. The number of ether oxygens (including phenoxy) is 1. The summed E-state index contributed by atoms with van der Waals surface area (Å²) in [5.41, 5.74) is 0.693. The van der Waals surface area contributed by atoms with Gasteiger partial charge in [0.05, 0.1) is 15.2 Å². The topological polar surface area (TPSA) is 34.2 Å². The first-order chi connectivity index (χ1) is 9.60. The summed E-state index contributed by atoms with van der Waals surface area (Å²) in [6, 6.07) is 7.59. The molecule has 20 heavy (non-hydrogen) atoms. The van der Waals surface area contributed by atoms with E-state index in [1.807, 2.05) is 6.92 Å². The van der Waals surface area contributed by atoms with Crippen molar-refractivity contribution in [3.8, 4) is 11.6 Å². The lowest BCUT2D eigenvalue weighted by Gasteiger charge is -2.10. The van der Waals surface area contributed by atoms with Gasteiger partial charge in [-0.3, -0.25) is 0 Å². The van der Waals surface area contributed by atoms with Gasteiger partial charge < -0.3 is 10.1 Å². The van der Waals surface area contributed by atoms with E-state index >= 15 is 0 Å². The Hall–Kier alpha value is -1.17. The minimum atomic E-state index is -0.370. The van der Waals surface area contributed by atoms with E-state index in [9.17, 15) is 4.39 Å². The molecule has 0 amide bonds. The van der Waals surface area contributed by atoms with Gasteiger partial charge in [-0.15, -0.1) is 0 Å². The zero-order valence-corrected chi connectivity index (χ0v) is 13.1. The molecular weight excluding hydrogens is 347 g/mol. The van der Waals surface area contributed by atoms with Gasteiger partial charge in [0.2, 0.25) is 5.88 Å². The lowest BCUT2D eigenvalue weighted by Crippen LogP contribution is -2.13. The Labute approximate surface area is 130 Å². The third-order valence-corrected chi connectivity index (χ3v) is 3.54. The molecule has 1 N–H and O–H groups in total. The Balaban J connectivity index is 2.22. The normalized spacial score (nSPS) is 10.6. The molecule has 0 saturated carbocycles. The fourth-order valence-electron chi connectivity index (χ4n) is 1.56. The summed E-state index contributed by atoms with van der Waals surface area (Å²) in [5, 5.41) is 3.71. The molecule has 3 nitrogen and oxygen atoms in total. The van der Waals surface area contributed by atoms with Crippen molar-refractivity contribution in [2.24, 2.45) is 0 Å². The van der Waals surface area contributed by atoms with Crippen LogP contribution in [0.5, 0.6) is 11.6 Å². The maximum absolute atomic E-state index is 13.2. The van der Waals surface area contributed by atoms with Crippen molar-refractivity contribution in [2.45, 2.75) is 13.5 Å². The van der Waals surface area contributed by atoms with Crippen molar-refractivity contribution in [1.29, 1.82) is 0 Å². The number of hydrogen-bond donors (Lipinski definition) is 1. The Bertz CT molecular complexity index is 610. The van der Waals surface area contributed by atoms with E-state index in [0.29, 0.717) is 33.4 Å². The van der Waals surface area contributed by atoms with Crippen molar-refractivity contribution in [2.75, 3.05) is 6.54 Å². The monoisotopic (exact) mass is 358 g/mol. The van der Waals surface area contributed by atoms with Gasteiger partial charge >= 0.3 is 0 Å². The van der Waals surface area contributed by atoms with Crippen LogP contribution in [0.4, 0.5) is 4.39 Å². The molecule has 0 spiro atoms. The van der Waals surface area contributed by atoms with Gasteiger partial charge in [-0.1, -0.05) is 18.5 Å². The molecule has 2 aromatic rings. The van der Waals surface area contributed by atoms with E-state index < -0.39 is 0 Å². The number of rotatable bonds is 5. The third-order valence-electron chi connectivity index (χ3n) is 2.54. The van der Waals surface area contributed by atoms with Crippen LogP contribution in [0.1, 0.15) is 12.6 Å². The molecular formula is C14H13BrClFN2O. The van der Waals surface area contributed by atoms with E-state index in [0.717, 1.165) is 6.54 Å². The van der Waals surface area contributed by atoms with Crippen molar-refractivity contribution in [3.05, 3.63) is 51.3 Å². The summed E-state index contributed by atoms with van der Waals surface area (Å²) in [4.78, 5) is 4.32. The summed E-state index contributed by atoms with van der Waals surface area (Å²) in [6.45, 7) is 3.37. The predicted molar refractivity (Wildman–Crippen MR) is 80.8 cm³/mol. The number of nitrogens with one attached hydrogen (secondary N) is 1. The molecule has 0 bridgehead atoms. The lowest BCUT2D eigenvalue weighted by atomic mass is 10.3. The maximum atomic E-state index is 13.2. The molecule has 6 heteroatoms. The van der Waals surface area contributed by atoms with Crippen LogP contribution in [0.25, 0.3) is 0 Å². The molecule has 0 saturated heterocycles. The number of pyridine rings is 1. The first kappa shape index (κ1) is 15.2. The van der Waals surface area contributed by atoms with Gasteiger partial charge in [0.15, 0.2) is 0 Å². The highest BCUT2D eigenvalue weighted by atomic mass is 79.9. The fourth-order valence-corrected chi connectivity index (χ4v) is 2.06. The summed E-state index contributed by atoms with van der Waals surface area (Å²) in [6.07, 6.45) is 0. The number of benzene rings is 1. The first-order valence-electron chi connectivity index (χ1n) is 6.09. The van der Waals surface area contributed by atoms with Gasteiger partial charge in [0.1, 0.15) is 11.6 Å². The number of hydrogen-bond acceptors (Lipinski definition) is 3. The lowest BCUT2D eigenvalue weighted by molar-refractivity contribution is 0.452. The molecule has 0 aliphatic rings. The molecule has 0 aliphatic heterocycles. The van der Waals surface area contributed by atoms with Crippen molar-refractivity contribution in [3.63, 3.8) is 0 Å². The number of aromatic nitrogens is 1. The minimum absolute atomic E-state index is 0.369. The molecule has 0 radical (unpaired) electrons. The Morgan fingerprint density at radius 3 is 2.90 bits per heavy atom. The van der Waals surface area contributed by atoms with E-state index in [-0.39, 0.29) is 5.82 Å². The quantitative estimate of drug-likeness (QED) is 0.851. The van der Waals surface area contributed by atoms with Gasteiger partial charge in [0, 0.05) is 18.7 Å². The highest BCUT2D eigenvalue weighted by Crippen LogP contribution is 2.30. The molecule has 106 valence electrons. The largest absolute Gasteiger partial charge is 0.438 e. The number of halogens is 3. The van der Waals surface area contributed by atoms with Crippen LogP contribution in [0.15, 0.2) is 34.8 Å². The second-order valence-electron chi connectivity index (χ2n) is 4.04. The van der Waals surface area contributed by atoms with Crippen LogP contribution in [-0.2, 0) is 6.54 Å². The smallest absolute Gasteiger partial charge is 0.219 e. The SMILES string of the molecule is CCNCc1nc(Oc2cc(F)ccc2Br)ccc1Cl. The van der Waals surface area contributed by atoms with E-state index in [1.165, 1.54) is 12.1 Å². The number of nitrogens with zero attached hydrogens (tertiary/aromatic N) is 1. The zero-order chi connectivity index (χ0) is 14.5. The molecule has 2 rings (SSSR count). The highest BCUT2D eigenvalue weighted by molar-refractivity contribution is 9.10. The van der Waals surface area contributed by atoms with Gasteiger partial charge in [-0.2, -0.15) is 0 Å². The molecule has 1 aromatic heterocycles. The predicted octanol–water partition coefficient (Wildman–Crippen LogP) is 4.54. The summed E-state index contributed by atoms with van der Waals surface area (Å²) in [5.74, 6) is 0.368. The van der Waals surface area contributed by atoms with E-state index in [2.05, 4.69) is 26.2 Å². The Morgan fingerprint density at radius 2 is 2.15 bits per heavy atom. The second kappa shape index (κ2) is 7.02. The van der Waals surface area contributed by atoms with Crippen LogP contribution in [-0.4, -0.2) is 11.5 Å². The second-order valence-corrected chi connectivity index (χ2v) is 5.30. The third kappa shape index (κ3) is 3.91. The molecule has 1 aromatic carbocycles. The summed E-state index contributed by atoms with van der Waals surface area (Å²) >= 11 is 9.37. The van der Waals surface area contributed by atoms with Gasteiger partial charge in [-0.25, -0.2) is 9.37 Å². The van der Waals surface area contributed by atoms with Crippen LogP contribution < -0.4 is 10.1 Å². The summed E-state index contributed by atoms with van der Waals surface area (Å²) in [7, 11) is 0. The standard InChI is InChI=1S/C14H13BrClFN2O/c1-2-18-8-12-11(16)5-6-14(19-12)20-13-7-9(17)3-4-10(13)15/h3-7,18H,2,8H2,1H3. The molecule has 0 atom stereocenters.